The van der Waals surface area contributed by atoms with Gasteiger partial charge in [-0.3, -0.25) is 9.59 Å². The summed E-state index contributed by atoms with van der Waals surface area (Å²) in [5.74, 6) is 0. The fourth-order valence-corrected chi connectivity index (χ4v) is 7.80. The van der Waals surface area contributed by atoms with E-state index in [0.29, 0.717) is 10.8 Å². The number of aromatic nitrogens is 2. The molecule has 47 heavy (non-hydrogen) atoms. The molecule has 0 saturated heterocycles. The summed E-state index contributed by atoms with van der Waals surface area (Å²) in [6, 6.07) is 18.2. The number of hydrogen-bond acceptors (Lipinski definition) is 2. The third kappa shape index (κ3) is 8.60. The van der Waals surface area contributed by atoms with Crippen LogP contribution in [0.5, 0.6) is 0 Å². The van der Waals surface area contributed by atoms with Crippen molar-refractivity contribution in [3.8, 4) is 0 Å². The first kappa shape index (κ1) is 35.9. The van der Waals surface area contributed by atoms with Gasteiger partial charge in [-0.05, 0) is 54.8 Å². The van der Waals surface area contributed by atoms with Crippen LogP contribution in [0.15, 0.2) is 64.2 Å². The molecule has 0 aliphatic rings. The minimum Gasteiger partial charge on any atom is -0.340 e. The highest BCUT2D eigenvalue weighted by Crippen LogP contribution is 2.33. The molecule has 0 radical (unpaired) electrons. The number of unbranched alkanes of at least 4 members (excludes halogenated alkanes) is 14. The van der Waals surface area contributed by atoms with Gasteiger partial charge < -0.3 is 9.13 Å². The molecular weight excluding hydrogens is 712 g/mol. The summed E-state index contributed by atoms with van der Waals surface area (Å²) < 4.78 is 4.58. The highest BCUT2D eigenvalue weighted by Gasteiger charge is 2.18. The largest absolute Gasteiger partial charge is 0.340 e. The molecule has 0 aliphatic carbocycles. The molecule has 5 rings (SSSR count). The Hall–Kier alpha value is -2.44. The average Bonchev–Trinajstić information content (AvgIpc) is 3.09. The van der Waals surface area contributed by atoms with Gasteiger partial charge in [-0.25, -0.2) is 0 Å². The minimum atomic E-state index is -0.0320. The number of hydrogen-bond donors (Lipinski definition) is 0. The van der Waals surface area contributed by atoms with Gasteiger partial charge in [-0.15, -0.1) is 0 Å². The van der Waals surface area contributed by atoms with E-state index in [2.05, 4.69) is 73.0 Å². The highest BCUT2D eigenvalue weighted by molar-refractivity contribution is 9.24. The van der Waals surface area contributed by atoms with Crippen LogP contribution in [0.1, 0.15) is 126 Å². The first-order valence-corrected chi connectivity index (χ1v) is 20.1. The topological polar surface area (TPSA) is 44.0 Å². The van der Waals surface area contributed by atoms with Gasteiger partial charge in [0.1, 0.15) is 0 Å². The fourth-order valence-electron chi connectivity index (χ4n) is 7.23. The smallest absolute Gasteiger partial charge is 0.197 e. The molecule has 3 aromatic carbocycles. The number of para-hydroxylation sites is 1. The van der Waals surface area contributed by atoms with Crippen LogP contribution in [0.25, 0.3) is 43.6 Å². The first-order chi connectivity index (χ1) is 23.0. The lowest BCUT2D eigenvalue weighted by Gasteiger charge is -2.19. The van der Waals surface area contributed by atoms with E-state index in [-0.39, 0.29) is 14.6 Å². The summed E-state index contributed by atoms with van der Waals surface area (Å²) in [7, 11) is 0. The molecule has 0 atom stereocenters. The molecule has 4 nitrogen and oxygen atoms in total. The van der Waals surface area contributed by atoms with Crippen molar-refractivity contribution in [1.82, 2.24) is 9.13 Å². The van der Waals surface area contributed by atoms with Crippen LogP contribution in [0, 0.1) is 0 Å². The van der Waals surface area contributed by atoms with Gasteiger partial charge in [0, 0.05) is 34.6 Å². The Kier molecular flexibility index (Phi) is 13.6. The van der Waals surface area contributed by atoms with Crippen molar-refractivity contribution in [2.45, 2.75) is 133 Å². The second-order valence-corrected chi connectivity index (χ2v) is 16.5. The van der Waals surface area contributed by atoms with Gasteiger partial charge in [-0.2, -0.15) is 0 Å². The normalized spacial score (nSPS) is 12.0. The van der Waals surface area contributed by atoms with Gasteiger partial charge in [0.25, 0.3) is 0 Å². The summed E-state index contributed by atoms with van der Waals surface area (Å²) in [4.78, 5) is 28.4. The van der Waals surface area contributed by atoms with E-state index >= 15 is 0 Å². The maximum atomic E-state index is 14.3. The van der Waals surface area contributed by atoms with Crippen LogP contribution in [0.3, 0.4) is 0 Å². The zero-order valence-corrected chi connectivity index (χ0v) is 31.6. The van der Waals surface area contributed by atoms with Crippen LogP contribution >= 0.6 is 31.9 Å². The lowest BCUT2D eigenvalue weighted by Crippen LogP contribution is -2.16. The number of benzene rings is 3. The second-order valence-electron chi connectivity index (χ2n) is 13.4. The van der Waals surface area contributed by atoms with E-state index in [9.17, 15) is 9.59 Å². The van der Waals surface area contributed by atoms with Crippen molar-refractivity contribution in [1.29, 1.82) is 0 Å². The van der Waals surface area contributed by atoms with Crippen LogP contribution in [-0.2, 0) is 13.1 Å². The molecule has 5 aromatic rings. The fraction of sp³-hybridized carbons (Fsp3) is 0.512. The molecule has 2 aromatic heterocycles. The number of aryl methyl sites for hydroxylation is 2. The Morgan fingerprint density at radius 2 is 0.915 bits per heavy atom. The molecule has 0 amide bonds. The van der Waals surface area contributed by atoms with Gasteiger partial charge in [0.2, 0.25) is 0 Å². The number of nitrogens with zero attached hydrogens (tertiary/aromatic N) is 2. The number of pyridine rings is 2. The van der Waals surface area contributed by atoms with E-state index in [1.165, 1.54) is 83.5 Å². The van der Waals surface area contributed by atoms with Crippen molar-refractivity contribution in [2.75, 3.05) is 0 Å². The Labute approximate surface area is 297 Å². The van der Waals surface area contributed by atoms with E-state index in [4.69, 9.17) is 0 Å². The minimum absolute atomic E-state index is 0.0320. The third-order valence-corrected chi connectivity index (χ3v) is 11.0. The van der Waals surface area contributed by atoms with Crippen molar-refractivity contribution >= 4 is 75.5 Å². The van der Waals surface area contributed by atoms with Crippen LogP contribution in [-0.4, -0.2) is 9.13 Å². The summed E-state index contributed by atoms with van der Waals surface area (Å²) in [5, 5.41) is 2.89. The maximum absolute atomic E-state index is 14.3. The molecule has 0 bridgehead atoms. The second kappa shape index (κ2) is 17.8. The van der Waals surface area contributed by atoms with Crippen molar-refractivity contribution in [3.05, 3.63) is 80.6 Å². The first-order valence-electron chi connectivity index (χ1n) is 18.3. The molecule has 6 heteroatoms. The Morgan fingerprint density at radius 1 is 0.489 bits per heavy atom. The summed E-state index contributed by atoms with van der Waals surface area (Å²) in [5.41, 5.74) is 4.73. The third-order valence-electron chi connectivity index (χ3n) is 9.90. The monoisotopic (exact) mass is 762 g/mol. The SMILES string of the molecule is CCCCCCCCCCn1c2ccccc2c(=O)c2cc3c(cc21)c(=O)c1cc(C(Br)Br)ccc1n3CCCCCCCCCC. The summed E-state index contributed by atoms with van der Waals surface area (Å²) >= 11 is 7.27. The summed E-state index contributed by atoms with van der Waals surface area (Å²) in [6.07, 6.45) is 19.9. The maximum Gasteiger partial charge on any atom is 0.197 e. The van der Waals surface area contributed by atoms with E-state index in [0.717, 1.165) is 70.8 Å². The van der Waals surface area contributed by atoms with Crippen molar-refractivity contribution < 1.29 is 0 Å². The Morgan fingerprint density at radius 3 is 1.43 bits per heavy atom. The Balaban J connectivity index is 1.56. The molecule has 0 unspecified atom stereocenters. The predicted molar refractivity (Wildman–Crippen MR) is 211 cm³/mol. The number of alkyl halides is 2. The molecule has 0 fully saturated rings. The number of fused-ring (bicyclic) bond motifs is 4. The lowest BCUT2D eigenvalue weighted by molar-refractivity contribution is 0.552. The molecule has 2 heterocycles. The Bertz CT molecular complexity index is 1910. The van der Waals surface area contributed by atoms with Crippen molar-refractivity contribution in [2.24, 2.45) is 0 Å². The quantitative estimate of drug-likeness (QED) is 0.0477. The van der Waals surface area contributed by atoms with Crippen LogP contribution in [0.4, 0.5) is 0 Å². The molecule has 0 N–H and O–H groups in total. The standard InChI is InChI=1S/C41H52Br2N2O2/c1-3-5-7-9-11-13-15-19-25-44-35-22-18-17-21-31(35)39(46)33-28-38-34(29-37(33)44)40(47)32-27-30(41(42)43)23-24-36(32)45(38)26-20-16-14-12-10-8-6-4-2/h17-18,21-24,27-29,41H,3-16,19-20,25-26H2,1-2H3. The molecule has 0 aliphatic heterocycles. The molecule has 0 saturated carbocycles. The average molecular weight is 765 g/mol. The van der Waals surface area contributed by atoms with Gasteiger partial charge in [-0.1, -0.05) is 154 Å². The van der Waals surface area contributed by atoms with Crippen molar-refractivity contribution in [3.63, 3.8) is 0 Å². The highest BCUT2D eigenvalue weighted by atomic mass is 79.9. The van der Waals surface area contributed by atoms with Gasteiger partial charge in [0.15, 0.2) is 10.9 Å². The number of halogens is 2. The van der Waals surface area contributed by atoms with E-state index in [1.54, 1.807) is 0 Å². The van der Waals surface area contributed by atoms with Crippen LogP contribution in [0.2, 0.25) is 0 Å². The predicted octanol–water partition coefficient (Wildman–Crippen LogP) is 12.7. The molecule has 0 spiro atoms. The zero-order valence-electron chi connectivity index (χ0n) is 28.5. The summed E-state index contributed by atoms with van der Waals surface area (Å²) in [6.45, 7) is 6.17. The lowest BCUT2D eigenvalue weighted by atomic mass is 10.0. The molecular formula is C41H52Br2N2O2. The van der Waals surface area contributed by atoms with E-state index in [1.807, 2.05) is 36.4 Å². The van der Waals surface area contributed by atoms with E-state index < -0.39 is 0 Å². The molecule has 252 valence electrons. The number of rotatable bonds is 19. The van der Waals surface area contributed by atoms with Crippen LogP contribution < -0.4 is 10.9 Å². The zero-order chi connectivity index (χ0) is 33.2. The van der Waals surface area contributed by atoms with Gasteiger partial charge >= 0.3 is 0 Å². The van der Waals surface area contributed by atoms with Gasteiger partial charge in [0.05, 0.1) is 25.8 Å².